The van der Waals surface area contributed by atoms with Crippen LogP contribution in [0.5, 0.6) is 0 Å². The molecule has 0 aliphatic heterocycles. The van der Waals surface area contributed by atoms with E-state index in [9.17, 15) is 35.4 Å². The molecule has 9 atom stereocenters. The molecule has 0 aromatic heterocycles. The normalized spacial score (nSPS) is 68.2. The third-order valence-electron chi connectivity index (χ3n) is 8.66. The largest absolute Gasteiger partial charge is 0.392 e. The summed E-state index contributed by atoms with van der Waals surface area (Å²) in [7, 11) is 0. The second kappa shape index (κ2) is 3.89. The summed E-state index contributed by atoms with van der Waals surface area (Å²) in [6.45, 7) is 4.47. The molecule has 4 bridgehead atoms. The lowest BCUT2D eigenvalue weighted by Crippen LogP contribution is -2.90. The third kappa shape index (κ3) is 1.09. The second-order valence-corrected chi connectivity index (χ2v) is 9.01. The lowest BCUT2D eigenvalue weighted by Gasteiger charge is -2.71. The molecule has 0 saturated heterocycles. The zero-order valence-corrected chi connectivity index (χ0v) is 14.2. The fourth-order valence-corrected chi connectivity index (χ4v) is 6.80. The number of rotatable bonds is 0. The highest BCUT2D eigenvalue weighted by atomic mass is 16.4. The lowest BCUT2D eigenvalue weighted by atomic mass is 9.38. The first-order valence-corrected chi connectivity index (χ1v) is 8.58. The van der Waals surface area contributed by atoms with Gasteiger partial charge in [0.1, 0.15) is 34.3 Å². The van der Waals surface area contributed by atoms with Gasteiger partial charge in [0.15, 0.2) is 0 Å². The minimum Gasteiger partial charge on any atom is -0.392 e. The Hall–Kier alpha value is -0.570. The molecule has 7 nitrogen and oxygen atoms in total. The van der Waals surface area contributed by atoms with Gasteiger partial charge in [-0.3, -0.25) is 4.79 Å². The number of carbonyl (C=O) groups excluding carboxylic acids is 1. The topological polar surface area (TPSA) is 138 Å². The van der Waals surface area contributed by atoms with Crippen LogP contribution in [-0.4, -0.2) is 71.0 Å². The van der Waals surface area contributed by atoms with Gasteiger partial charge in [0.2, 0.25) is 0 Å². The summed E-state index contributed by atoms with van der Waals surface area (Å²) in [5.41, 5.74) is -11.9. The fourth-order valence-electron chi connectivity index (χ4n) is 6.80. The Labute approximate surface area is 139 Å². The average molecular weight is 342 g/mol. The smallest absolute Gasteiger partial charge is 0.145 e. The van der Waals surface area contributed by atoms with Crippen LogP contribution in [-0.2, 0) is 4.79 Å². The number of carbonyl (C=O) groups is 1. The van der Waals surface area contributed by atoms with E-state index in [1.54, 1.807) is 6.92 Å². The molecule has 24 heavy (non-hydrogen) atoms. The van der Waals surface area contributed by atoms with Gasteiger partial charge in [0.05, 0.1) is 11.5 Å². The number of ketones is 1. The molecule has 4 saturated carbocycles. The summed E-state index contributed by atoms with van der Waals surface area (Å²) < 4.78 is 0. The van der Waals surface area contributed by atoms with Gasteiger partial charge in [-0.05, 0) is 25.7 Å². The molecule has 4 aliphatic rings. The van der Waals surface area contributed by atoms with Crippen LogP contribution in [0.2, 0.25) is 0 Å². The van der Waals surface area contributed by atoms with E-state index in [1.165, 1.54) is 13.8 Å². The van der Waals surface area contributed by atoms with Crippen molar-refractivity contribution in [3.8, 4) is 0 Å². The Morgan fingerprint density at radius 3 is 2.21 bits per heavy atom. The van der Waals surface area contributed by atoms with E-state index in [1.807, 2.05) is 0 Å². The zero-order valence-electron chi connectivity index (χ0n) is 14.2. The van der Waals surface area contributed by atoms with Crippen molar-refractivity contribution in [3.05, 3.63) is 0 Å². The molecule has 4 rings (SSSR count). The van der Waals surface area contributed by atoms with Crippen LogP contribution < -0.4 is 0 Å². The van der Waals surface area contributed by atoms with Crippen LogP contribution in [0.1, 0.15) is 46.5 Å². The Bertz CT molecular complexity index is 653. The van der Waals surface area contributed by atoms with Gasteiger partial charge in [0, 0.05) is 18.3 Å². The summed E-state index contributed by atoms with van der Waals surface area (Å²) >= 11 is 0. The van der Waals surface area contributed by atoms with E-state index in [-0.39, 0.29) is 19.3 Å². The van der Waals surface area contributed by atoms with Crippen LogP contribution in [0.25, 0.3) is 0 Å². The quantitative estimate of drug-likeness (QED) is 0.314. The van der Waals surface area contributed by atoms with Crippen LogP contribution in [0.4, 0.5) is 0 Å². The van der Waals surface area contributed by atoms with Crippen molar-refractivity contribution < 1.29 is 35.4 Å². The maximum Gasteiger partial charge on any atom is 0.145 e. The SMILES string of the molecule is C[C@@H]1CC[C@@]2(O)[C@]1(O)[C@@H](O)[C@]1(O)[C@@]3(O)C[C@@H](O)[C@]1(C)C(=O)C[C@@]23C. The first kappa shape index (κ1) is 16.9. The van der Waals surface area contributed by atoms with Gasteiger partial charge in [0.25, 0.3) is 0 Å². The molecule has 7 heteroatoms. The molecule has 0 radical (unpaired) electrons. The summed E-state index contributed by atoms with van der Waals surface area (Å²) in [5.74, 6) is -1.06. The van der Waals surface area contributed by atoms with Crippen molar-refractivity contribution in [3.63, 3.8) is 0 Å². The summed E-state index contributed by atoms with van der Waals surface area (Å²) in [6.07, 6.45) is -3.48. The molecule has 4 fully saturated rings. The Morgan fingerprint density at radius 1 is 1.04 bits per heavy atom. The maximum atomic E-state index is 12.9. The van der Waals surface area contributed by atoms with E-state index in [0.29, 0.717) is 6.42 Å². The number of hydrogen-bond acceptors (Lipinski definition) is 7. The number of aliphatic hydroxyl groups excluding tert-OH is 2. The van der Waals surface area contributed by atoms with E-state index in [4.69, 9.17) is 0 Å². The summed E-state index contributed by atoms with van der Waals surface area (Å²) in [4.78, 5) is 12.9. The van der Waals surface area contributed by atoms with Gasteiger partial charge in [-0.1, -0.05) is 13.8 Å². The van der Waals surface area contributed by atoms with E-state index >= 15 is 0 Å². The van der Waals surface area contributed by atoms with Crippen molar-refractivity contribution in [2.75, 3.05) is 0 Å². The van der Waals surface area contributed by atoms with Crippen LogP contribution in [0.3, 0.4) is 0 Å². The maximum absolute atomic E-state index is 12.9. The van der Waals surface area contributed by atoms with Gasteiger partial charge < -0.3 is 30.6 Å². The first-order valence-electron chi connectivity index (χ1n) is 8.58. The van der Waals surface area contributed by atoms with Gasteiger partial charge in [-0.2, -0.15) is 0 Å². The molecule has 0 amide bonds. The standard InChI is InChI=1S/C17H26O7/c1-8-4-5-14(21)12(2)6-9(18)13(3)10(19)7-15(12,22)17(13,24)11(20)16(8,14)23/h8,10-11,19-24H,4-7H2,1-3H3/t8-,10-,11-,12+,13+,14+,15-,16-,17-/m1/s1. The molecular formula is C17H26O7. The predicted molar refractivity (Wildman–Crippen MR) is 80.7 cm³/mol. The molecule has 0 unspecified atom stereocenters. The molecule has 0 aromatic rings. The average Bonchev–Trinajstić information content (AvgIpc) is 2.82. The van der Waals surface area contributed by atoms with Gasteiger partial charge in [-0.25, -0.2) is 0 Å². The Morgan fingerprint density at radius 2 is 1.62 bits per heavy atom. The van der Waals surface area contributed by atoms with Crippen LogP contribution in [0.15, 0.2) is 0 Å². The van der Waals surface area contributed by atoms with E-state index in [0.717, 1.165) is 0 Å². The zero-order chi connectivity index (χ0) is 18.1. The minimum absolute atomic E-state index is 0.0940. The summed E-state index contributed by atoms with van der Waals surface area (Å²) in [5, 5.41) is 67.3. The first-order chi connectivity index (χ1) is 10.8. The molecule has 0 heterocycles. The highest BCUT2D eigenvalue weighted by molar-refractivity contribution is 5.91. The molecule has 4 aliphatic carbocycles. The molecule has 6 N–H and O–H groups in total. The van der Waals surface area contributed by atoms with Gasteiger partial charge in [-0.15, -0.1) is 0 Å². The number of aliphatic hydroxyl groups is 6. The number of fused-ring (bicyclic) bond motifs is 2. The molecule has 0 spiro atoms. The predicted octanol–water partition coefficient (Wildman–Crippen LogP) is -1.53. The van der Waals surface area contributed by atoms with E-state index < -0.39 is 57.1 Å². The third-order valence-corrected chi connectivity index (χ3v) is 8.66. The number of hydrogen-bond donors (Lipinski definition) is 6. The molecular weight excluding hydrogens is 316 g/mol. The highest BCUT2D eigenvalue weighted by Crippen LogP contribution is 2.76. The second-order valence-electron chi connectivity index (χ2n) is 9.01. The van der Waals surface area contributed by atoms with Crippen molar-refractivity contribution in [2.45, 2.75) is 81.1 Å². The lowest BCUT2D eigenvalue weighted by molar-refractivity contribution is -0.399. The Balaban J connectivity index is 2.11. The van der Waals surface area contributed by atoms with Crippen molar-refractivity contribution >= 4 is 5.78 Å². The van der Waals surface area contributed by atoms with Gasteiger partial charge >= 0.3 is 0 Å². The van der Waals surface area contributed by atoms with Crippen LogP contribution in [0, 0.1) is 16.7 Å². The highest BCUT2D eigenvalue weighted by Gasteiger charge is 2.93. The fraction of sp³-hybridized carbons (Fsp3) is 0.941. The summed E-state index contributed by atoms with van der Waals surface area (Å²) in [6, 6.07) is 0. The van der Waals surface area contributed by atoms with E-state index in [2.05, 4.69) is 0 Å². The molecule has 136 valence electrons. The van der Waals surface area contributed by atoms with Crippen molar-refractivity contribution in [2.24, 2.45) is 16.7 Å². The monoisotopic (exact) mass is 342 g/mol. The van der Waals surface area contributed by atoms with Crippen LogP contribution >= 0.6 is 0 Å². The number of Topliss-reactive ketones (excluding diaryl/α,β-unsaturated/α-hetero) is 1. The van der Waals surface area contributed by atoms with Crippen molar-refractivity contribution in [1.29, 1.82) is 0 Å². The molecule has 0 aromatic carbocycles. The minimum atomic E-state index is -2.44. The Kier molecular flexibility index (Phi) is 2.74. The van der Waals surface area contributed by atoms with Crippen molar-refractivity contribution in [1.82, 2.24) is 0 Å².